The molecule has 7 heteroatoms. The number of rotatable bonds is 7. The minimum atomic E-state index is -2.94. The van der Waals surface area contributed by atoms with E-state index >= 15 is 0 Å². The number of nitrogens with zero attached hydrogens (tertiary/aromatic N) is 2. The molecule has 1 heterocycles. The lowest BCUT2D eigenvalue weighted by Crippen LogP contribution is -2.19. The molecule has 5 nitrogen and oxygen atoms in total. The average molecular weight is 564 g/mol. The number of amides is 1. The Kier molecular flexibility index (Phi) is 6.89. The number of anilines is 1. The third-order valence-electron chi connectivity index (χ3n) is 8.01. The van der Waals surface area contributed by atoms with Crippen molar-refractivity contribution in [2.75, 3.05) is 5.32 Å². The number of nitrogens with one attached hydrogen (secondary N) is 1. The van der Waals surface area contributed by atoms with Crippen LogP contribution in [-0.4, -0.2) is 20.8 Å². The van der Waals surface area contributed by atoms with Crippen molar-refractivity contribution in [3.8, 4) is 33.6 Å². The summed E-state index contributed by atoms with van der Waals surface area (Å²) in [4.78, 5) is 17.7. The Labute approximate surface area is 243 Å². The molecule has 0 spiro atoms. The van der Waals surface area contributed by atoms with Gasteiger partial charge in [-0.3, -0.25) is 4.79 Å². The van der Waals surface area contributed by atoms with E-state index in [1.54, 1.807) is 13.0 Å². The number of halogens is 2. The first-order valence-electron chi connectivity index (χ1n) is 14.0. The van der Waals surface area contributed by atoms with E-state index in [0.29, 0.717) is 24.1 Å². The largest absolute Gasteiger partial charge is 0.426 e. The number of aryl methyl sites for hydroxylation is 2. The third-order valence-corrected chi connectivity index (χ3v) is 8.01. The summed E-state index contributed by atoms with van der Waals surface area (Å²) in [6, 6.07) is 27.9. The summed E-state index contributed by atoms with van der Waals surface area (Å²) in [5.41, 5.74) is 7.55. The van der Waals surface area contributed by atoms with Crippen LogP contribution in [0.1, 0.15) is 45.7 Å². The zero-order valence-corrected chi connectivity index (χ0v) is 23.7. The Bertz CT molecular complexity index is 1810. The van der Waals surface area contributed by atoms with Crippen LogP contribution in [0.15, 0.2) is 91.0 Å². The van der Waals surface area contributed by atoms with Crippen molar-refractivity contribution in [2.45, 2.75) is 39.5 Å². The Morgan fingerprint density at radius 3 is 2.31 bits per heavy atom. The zero-order chi connectivity index (χ0) is 29.6. The second-order valence-electron chi connectivity index (χ2n) is 11.0. The van der Waals surface area contributed by atoms with Crippen LogP contribution < -0.4 is 5.32 Å². The highest BCUT2D eigenvalue weighted by atomic mass is 19.3. The second-order valence-corrected chi connectivity index (χ2v) is 11.0. The first-order chi connectivity index (χ1) is 20.1. The molecule has 42 heavy (non-hydrogen) atoms. The first kappa shape index (κ1) is 27.4. The van der Waals surface area contributed by atoms with Crippen molar-refractivity contribution < 1.29 is 18.8 Å². The van der Waals surface area contributed by atoms with Gasteiger partial charge in [-0.2, -0.15) is 4.73 Å². The fraction of sp³-hybridized carbons (Fsp3) is 0.200. The molecule has 212 valence electrons. The SMILES string of the molecule is Cc1ccc(-c2ccccc2)c(C)c1-c1cccc(-c2nc(C)c(C(=O)Nc3cccc(C(F)(F)C4CC4)c3)n2O)c1. The topological polar surface area (TPSA) is 67.2 Å². The maximum Gasteiger partial charge on any atom is 0.277 e. The predicted octanol–water partition coefficient (Wildman–Crippen LogP) is 8.80. The molecule has 0 unspecified atom stereocenters. The van der Waals surface area contributed by atoms with Crippen LogP contribution in [0.5, 0.6) is 0 Å². The number of carbonyl (C=O) groups excluding carboxylic acids is 1. The molecule has 1 aromatic heterocycles. The summed E-state index contributed by atoms with van der Waals surface area (Å²) in [5.74, 6) is -4.02. The molecule has 1 fully saturated rings. The number of hydrogen-bond donors (Lipinski definition) is 2. The number of carbonyl (C=O) groups is 1. The fourth-order valence-electron chi connectivity index (χ4n) is 5.68. The van der Waals surface area contributed by atoms with Gasteiger partial charge in [0.1, 0.15) is 0 Å². The standard InChI is InChI=1S/C35H31F2N3O2/c1-21-15-18-30(24-9-5-4-6-10-24)22(2)31(21)25-11-7-12-26(19-25)33-38-23(3)32(40(33)42)34(41)39-29-14-8-13-28(20-29)35(36,37)27-16-17-27/h4-15,18-20,27,42H,16-17H2,1-3H3,(H,39,41). The molecule has 1 aliphatic rings. The molecule has 5 aromatic rings. The van der Waals surface area contributed by atoms with E-state index in [1.165, 1.54) is 18.2 Å². The van der Waals surface area contributed by atoms with E-state index in [9.17, 15) is 18.8 Å². The summed E-state index contributed by atoms with van der Waals surface area (Å²) in [7, 11) is 0. The zero-order valence-electron chi connectivity index (χ0n) is 23.7. The minimum absolute atomic E-state index is 0.0619. The lowest BCUT2D eigenvalue weighted by atomic mass is 9.89. The summed E-state index contributed by atoms with van der Waals surface area (Å²) in [6.07, 6.45) is 0.988. The highest BCUT2D eigenvalue weighted by Crippen LogP contribution is 2.50. The molecular weight excluding hydrogens is 532 g/mol. The molecular formula is C35H31F2N3O2. The van der Waals surface area contributed by atoms with Gasteiger partial charge in [0.25, 0.3) is 11.8 Å². The Morgan fingerprint density at radius 2 is 1.57 bits per heavy atom. The summed E-state index contributed by atoms with van der Waals surface area (Å²) in [6.45, 7) is 5.80. The van der Waals surface area contributed by atoms with E-state index in [2.05, 4.69) is 48.4 Å². The van der Waals surface area contributed by atoms with Crippen molar-refractivity contribution in [1.82, 2.24) is 9.71 Å². The van der Waals surface area contributed by atoms with Crippen molar-refractivity contribution in [3.63, 3.8) is 0 Å². The summed E-state index contributed by atoms with van der Waals surface area (Å²) >= 11 is 0. The van der Waals surface area contributed by atoms with Crippen LogP contribution in [0, 0.1) is 26.7 Å². The molecule has 0 bridgehead atoms. The maximum atomic E-state index is 14.6. The second kappa shape index (κ2) is 10.6. The number of aromatic nitrogens is 2. The molecule has 0 aliphatic heterocycles. The Balaban J connectivity index is 1.32. The smallest absolute Gasteiger partial charge is 0.277 e. The Hall–Kier alpha value is -4.78. The van der Waals surface area contributed by atoms with Gasteiger partial charge >= 0.3 is 0 Å². The van der Waals surface area contributed by atoms with Gasteiger partial charge in [-0.05, 0) is 85.2 Å². The highest BCUT2D eigenvalue weighted by Gasteiger charge is 2.48. The molecule has 1 aliphatic carbocycles. The fourth-order valence-corrected chi connectivity index (χ4v) is 5.68. The van der Waals surface area contributed by atoms with Gasteiger partial charge in [0.05, 0.1) is 5.69 Å². The molecule has 0 radical (unpaired) electrons. The monoisotopic (exact) mass is 563 g/mol. The number of imidazole rings is 1. The molecule has 0 saturated heterocycles. The van der Waals surface area contributed by atoms with Crippen LogP contribution in [0.4, 0.5) is 14.5 Å². The number of hydrogen-bond acceptors (Lipinski definition) is 3. The van der Waals surface area contributed by atoms with Gasteiger partial charge in [-0.15, -0.1) is 0 Å². The van der Waals surface area contributed by atoms with E-state index < -0.39 is 17.7 Å². The van der Waals surface area contributed by atoms with Crippen LogP contribution in [0.25, 0.3) is 33.6 Å². The molecule has 6 rings (SSSR count). The predicted molar refractivity (Wildman–Crippen MR) is 161 cm³/mol. The van der Waals surface area contributed by atoms with Gasteiger partial charge < -0.3 is 10.5 Å². The van der Waals surface area contributed by atoms with Crippen LogP contribution in [0.2, 0.25) is 0 Å². The van der Waals surface area contributed by atoms with Gasteiger partial charge in [-0.25, -0.2) is 13.8 Å². The summed E-state index contributed by atoms with van der Waals surface area (Å²) in [5, 5.41) is 13.8. The van der Waals surface area contributed by atoms with Gasteiger partial charge in [-0.1, -0.05) is 72.8 Å². The first-order valence-corrected chi connectivity index (χ1v) is 14.0. The van der Waals surface area contributed by atoms with Crippen molar-refractivity contribution in [2.24, 2.45) is 5.92 Å². The third kappa shape index (κ3) is 4.96. The molecule has 1 saturated carbocycles. The quantitative estimate of drug-likeness (QED) is 0.195. The maximum absolute atomic E-state index is 14.6. The van der Waals surface area contributed by atoms with Crippen molar-refractivity contribution in [1.29, 1.82) is 0 Å². The van der Waals surface area contributed by atoms with E-state index in [0.717, 1.165) is 38.1 Å². The lowest BCUT2D eigenvalue weighted by Gasteiger charge is -2.17. The average Bonchev–Trinajstić information content (AvgIpc) is 3.79. The normalized spacial score (nSPS) is 13.3. The highest BCUT2D eigenvalue weighted by molar-refractivity contribution is 6.04. The number of alkyl halides is 2. The van der Waals surface area contributed by atoms with E-state index in [1.807, 2.05) is 42.5 Å². The van der Waals surface area contributed by atoms with Crippen LogP contribution in [-0.2, 0) is 5.92 Å². The van der Waals surface area contributed by atoms with Gasteiger partial charge in [0.2, 0.25) is 0 Å². The minimum Gasteiger partial charge on any atom is -0.426 e. The molecule has 4 aromatic carbocycles. The molecule has 0 atom stereocenters. The number of benzene rings is 4. The van der Waals surface area contributed by atoms with Crippen molar-refractivity contribution in [3.05, 3.63) is 119 Å². The van der Waals surface area contributed by atoms with Gasteiger partial charge in [0, 0.05) is 22.7 Å². The van der Waals surface area contributed by atoms with Gasteiger partial charge in [0.15, 0.2) is 11.5 Å². The summed E-state index contributed by atoms with van der Waals surface area (Å²) < 4.78 is 30.1. The van der Waals surface area contributed by atoms with E-state index in [4.69, 9.17) is 0 Å². The lowest BCUT2D eigenvalue weighted by molar-refractivity contribution is -0.0285. The van der Waals surface area contributed by atoms with Crippen LogP contribution >= 0.6 is 0 Å². The Morgan fingerprint density at radius 1 is 0.881 bits per heavy atom. The molecule has 2 N–H and O–H groups in total. The van der Waals surface area contributed by atoms with E-state index in [-0.39, 0.29) is 22.8 Å². The van der Waals surface area contributed by atoms with Crippen molar-refractivity contribution >= 4 is 11.6 Å². The van der Waals surface area contributed by atoms with Crippen LogP contribution in [0.3, 0.4) is 0 Å². The molecule has 1 amide bonds.